The monoisotopic (exact) mass is 350 g/mol. The van der Waals surface area contributed by atoms with E-state index in [-0.39, 0.29) is 29.7 Å². The lowest BCUT2D eigenvalue weighted by atomic mass is 9.83. The van der Waals surface area contributed by atoms with Gasteiger partial charge in [-0.2, -0.15) is 0 Å². The Morgan fingerprint density at radius 3 is 2.28 bits per heavy atom. The third-order valence-electron chi connectivity index (χ3n) is 4.89. The highest BCUT2D eigenvalue weighted by atomic mass is 16.6. The molecule has 0 N–H and O–H groups in total. The van der Waals surface area contributed by atoms with Crippen LogP contribution in [-0.2, 0) is 28.6 Å². The summed E-state index contributed by atoms with van der Waals surface area (Å²) in [4.78, 5) is 34.9. The van der Waals surface area contributed by atoms with Gasteiger partial charge in [0.25, 0.3) is 0 Å². The first-order chi connectivity index (χ1) is 11.7. The van der Waals surface area contributed by atoms with E-state index in [1.807, 2.05) is 32.9 Å². The predicted octanol–water partition coefficient (Wildman–Crippen LogP) is 2.71. The van der Waals surface area contributed by atoms with Crippen LogP contribution in [-0.4, -0.2) is 36.2 Å². The van der Waals surface area contributed by atoms with Crippen molar-refractivity contribution in [3.63, 3.8) is 0 Å². The molecule has 1 aliphatic carbocycles. The van der Waals surface area contributed by atoms with E-state index in [1.54, 1.807) is 0 Å². The Morgan fingerprint density at radius 2 is 1.68 bits per heavy atom. The molecule has 2 aliphatic rings. The molecule has 0 amide bonds. The largest absolute Gasteiger partial charge is 0.458 e. The minimum absolute atomic E-state index is 0.105. The third kappa shape index (κ3) is 4.71. The van der Waals surface area contributed by atoms with E-state index in [9.17, 15) is 14.4 Å². The van der Waals surface area contributed by atoms with Crippen LogP contribution in [0.2, 0.25) is 0 Å². The molecule has 25 heavy (non-hydrogen) atoms. The Hall–Kier alpha value is -2.11. The molecule has 0 bridgehead atoms. The van der Waals surface area contributed by atoms with E-state index in [1.165, 1.54) is 13.8 Å². The van der Waals surface area contributed by atoms with Gasteiger partial charge in [-0.3, -0.25) is 14.4 Å². The number of hydrogen-bond acceptors (Lipinski definition) is 6. The standard InChI is InChI=1S/C19H26O6/c1-10-6-7-16(23-13(4)20)11(2)8-18-15(12(3)19(22)25-18)9-17(10)24-14(5)21/h6,8,12,15-18H,7,9H2,1-5H3/b10-6+,11-8?/t12-,15+,16+,17-,18-/m1/s1. The molecule has 1 saturated heterocycles. The summed E-state index contributed by atoms with van der Waals surface area (Å²) in [6.07, 6.45) is 3.52. The van der Waals surface area contributed by atoms with Gasteiger partial charge < -0.3 is 14.2 Å². The second-order valence-electron chi connectivity index (χ2n) is 6.88. The van der Waals surface area contributed by atoms with Gasteiger partial charge in [-0.25, -0.2) is 0 Å². The van der Waals surface area contributed by atoms with Crippen molar-refractivity contribution >= 4 is 17.9 Å². The minimum atomic E-state index is -0.432. The van der Waals surface area contributed by atoms with Gasteiger partial charge in [0.1, 0.15) is 18.3 Å². The Morgan fingerprint density at radius 1 is 1.08 bits per heavy atom. The highest BCUT2D eigenvalue weighted by Gasteiger charge is 2.43. The van der Waals surface area contributed by atoms with E-state index < -0.39 is 18.3 Å². The summed E-state index contributed by atoms with van der Waals surface area (Å²) in [5, 5.41) is 0. The number of rotatable bonds is 2. The number of carbonyl (C=O) groups is 3. The lowest BCUT2D eigenvalue weighted by Gasteiger charge is -2.27. The molecule has 0 unspecified atom stereocenters. The van der Waals surface area contributed by atoms with E-state index >= 15 is 0 Å². The summed E-state index contributed by atoms with van der Waals surface area (Å²) in [6, 6.07) is 0. The quantitative estimate of drug-likeness (QED) is 0.433. The Bertz CT molecular complexity index is 617. The lowest BCUT2D eigenvalue weighted by Crippen LogP contribution is -2.29. The van der Waals surface area contributed by atoms with Crippen molar-refractivity contribution in [2.24, 2.45) is 11.8 Å². The topological polar surface area (TPSA) is 78.9 Å². The fourth-order valence-corrected chi connectivity index (χ4v) is 3.38. The van der Waals surface area contributed by atoms with Crippen LogP contribution in [0.3, 0.4) is 0 Å². The second-order valence-corrected chi connectivity index (χ2v) is 6.88. The highest BCUT2D eigenvalue weighted by molar-refractivity contribution is 5.75. The first-order valence-electron chi connectivity index (χ1n) is 8.59. The molecule has 2 rings (SSSR count). The number of fused-ring (bicyclic) bond motifs is 1. The molecule has 0 spiro atoms. The number of esters is 3. The molecule has 0 aromatic rings. The maximum absolute atomic E-state index is 12.1. The molecule has 6 nitrogen and oxygen atoms in total. The number of ether oxygens (including phenoxy) is 3. The molecule has 138 valence electrons. The van der Waals surface area contributed by atoms with Crippen LogP contribution in [0.25, 0.3) is 0 Å². The van der Waals surface area contributed by atoms with Gasteiger partial charge >= 0.3 is 17.9 Å². The van der Waals surface area contributed by atoms with Crippen LogP contribution >= 0.6 is 0 Å². The minimum Gasteiger partial charge on any atom is -0.458 e. The smallest absolute Gasteiger partial charge is 0.309 e. The van der Waals surface area contributed by atoms with Gasteiger partial charge in [-0.15, -0.1) is 0 Å². The zero-order valence-electron chi connectivity index (χ0n) is 15.4. The summed E-state index contributed by atoms with van der Waals surface area (Å²) in [5.74, 6) is -1.39. The molecule has 0 saturated carbocycles. The molecule has 1 fully saturated rings. The second kappa shape index (κ2) is 7.85. The van der Waals surface area contributed by atoms with Gasteiger partial charge in [0.2, 0.25) is 0 Å². The fraction of sp³-hybridized carbons (Fsp3) is 0.632. The average molecular weight is 350 g/mol. The van der Waals surface area contributed by atoms with Gasteiger partial charge in [0.15, 0.2) is 0 Å². The van der Waals surface area contributed by atoms with Crippen molar-refractivity contribution in [1.29, 1.82) is 0 Å². The van der Waals surface area contributed by atoms with E-state index in [2.05, 4.69) is 0 Å². The molecule has 1 heterocycles. The summed E-state index contributed by atoms with van der Waals surface area (Å²) in [7, 11) is 0. The van der Waals surface area contributed by atoms with Crippen LogP contribution in [0.15, 0.2) is 23.3 Å². The maximum atomic E-state index is 12.1. The summed E-state index contributed by atoms with van der Waals surface area (Å²) in [5.41, 5.74) is 1.73. The van der Waals surface area contributed by atoms with E-state index in [0.717, 1.165) is 11.1 Å². The van der Waals surface area contributed by atoms with Crippen LogP contribution in [0, 0.1) is 11.8 Å². The molecule has 1 aliphatic heterocycles. The molecule has 5 atom stereocenters. The molecule has 6 heteroatoms. The van der Waals surface area contributed by atoms with Gasteiger partial charge in [-0.1, -0.05) is 13.0 Å². The van der Waals surface area contributed by atoms with Crippen LogP contribution < -0.4 is 0 Å². The summed E-state index contributed by atoms with van der Waals surface area (Å²) < 4.78 is 16.4. The third-order valence-corrected chi connectivity index (χ3v) is 4.89. The Labute approximate surface area is 148 Å². The maximum Gasteiger partial charge on any atom is 0.309 e. The molecular weight excluding hydrogens is 324 g/mol. The van der Waals surface area contributed by atoms with Gasteiger partial charge in [0, 0.05) is 26.2 Å². The van der Waals surface area contributed by atoms with Gasteiger partial charge in [0.05, 0.1) is 5.92 Å². The van der Waals surface area contributed by atoms with Crippen LogP contribution in [0.4, 0.5) is 0 Å². The summed E-state index contributed by atoms with van der Waals surface area (Å²) in [6.45, 7) is 8.32. The van der Waals surface area contributed by atoms with Crippen molar-refractivity contribution < 1.29 is 28.6 Å². The Kier molecular flexibility index (Phi) is 6.03. The first-order valence-corrected chi connectivity index (χ1v) is 8.59. The van der Waals surface area contributed by atoms with Crippen LogP contribution in [0.1, 0.15) is 47.5 Å². The van der Waals surface area contributed by atoms with Crippen molar-refractivity contribution in [2.45, 2.75) is 65.8 Å². The fourth-order valence-electron chi connectivity index (χ4n) is 3.38. The van der Waals surface area contributed by atoms with Crippen molar-refractivity contribution in [2.75, 3.05) is 0 Å². The average Bonchev–Trinajstić information content (AvgIpc) is 2.76. The number of carbonyl (C=O) groups excluding carboxylic acids is 3. The van der Waals surface area contributed by atoms with Crippen molar-refractivity contribution in [3.8, 4) is 0 Å². The molecule has 0 radical (unpaired) electrons. The first kappa shape index (κ1) is 19.2. The zero-order chi connectivity index (χ0) is 18.7. The van der Waals surface area contributed by atoms with Gasteiger partial charge in [-0.05, 0) is 37.5 Å². The molecule has 0 aromatic heterocycles. The highest BCUT2D eigenvalue weighted by Crippen LogP contribution is 2.36. The SMILES string of the molecule is CC(=O)O[C@H]1C/C=C(\C)[C@H](OC(C)=O)C[C@@H]2[C@@H](C=C1C)OC(=O)[C@@H]2C. The molecular formula is C19H26O6. The van der Waals surface area contributed by atoms with Crippen molar-refractivity contribution in [1.82, 2.24) is 0 Å². The van der Waals surface area contributed by atoms with E-state index in [0.29, 0.717) is 12.8 Å². The summed E-state index contributed by atoms with van der Waals surface area (Å²) >= 11 is 0. The zero-order valence-corrected chi connectivity index (χ0v) is 15.4. The van der Waals surface area contributed by atoms with Crippen LogP contribution in [0.5, 0.6) is 0 Å². The normalized spacial score (nSPS) is 34.8. The Balaban J connectivity index is 2.40. The van der Waals surface area contributed by atoms with Crippen molar-refractivity contribution in [3.05, 3.63) is 23.3 Å². The van der Waals surface area contributed by atoms with E-state index in [4.69, 9.17) is 14.2 Å². The lowest BCUT2D eigenvalue weighted by molar-refractivity contribution is -0.145. The molecule has 0 aromatic carbocycles. The number of hydrogen-bond donors (Lipinski definition) is 0. The predicted molar refractivity (Wildman–Crippen MR) is 90.4 cm³/mol.